The van der Waals surface area contributed by atoms with Crippen LogP contribution >= 0.6 is 0 Å². The van der Waals surface area contributed by atoms with Gasteiger partial charge >= 0.3 is 0 Å². The summed E-state index contributed by atoms with van der Waals surface area (Å²) in [6, 6.07) is 0.588. The SMILES string of the molecule is CC(C)NCC1(CN(CC2CC2)CC2CC2)CCOCC1. The second kappa shape index (κ2) is 6.97. The summed E-state index contributed by atoms with van der Waals surface area (Å²) in [4.78, 5) is 2.82. The van der Waals surface area contributed by atoms with Gasteiger partial charge in [0.15, 0.2) is 0 Å². The van der Waals surface area contributed by atoms with Gasteiger partial charge in [0.25, 0.3) is 0 Å². The van der Waals surface area contributed by atoms with Crippen molar-refractivity contribution in [3.8, 4) is 0 Å². The van der Waals surface area contributed by atoms with E-state index in [9.17, 15) is 0 Å². The van der Waals surface area contributed by atoms with E-state index >= 15 is 0 Å². The van der Waals surface area contributed by atoms with Crippen molar-refractivity contribution in [1.29, 1.82) is 0 Å². The Morgan fingerprint density at radius 1 is 1.05 bits per heavy atom. The average Bonchev–Trinajstić information content (AvgIpc) is 3.34. The summed E-state index contributed by atoms with van der Waals surface area (Å²) in [5.74, 6) is 2.03. The van der Waals surface area contributed by atoms with Gasteiger partial charge in [-0.15, -0.1) is 0 Å². The molecule has 2 aliphatic carbocycles. The quantitative estimate of drug-likeness (QED) is 0.707. The van der Waals surface area contributed by atoms with Crippen LogP contribution in [-0.2, 0) is 4.74 Å². The van der Waals surface area contributed by atoms with Crippen LogP contribution in [0.4, 0.5) is 0 Å². The molecule has 0 aromatic carbocycles. The lowest BCUT2D eigenvalue weighted by molar-refractivity contribution is -0.00667. The van der Waals surface area contributed by atoms with E-state index in [2.05, 4.69) is 24.1 Å². The number of hydrogen-bond donors (Lipinski definition) is 1. The first-order chi connectivity index (χ1) is 10.2. The summed E-state index contributed by atoms with van der Waals surface area (Å²) >= 11 is 0. The van der Waals surface area contributed by atoms with E-state index in [-0.39, 0.29) is 0 Å². The van der Waals surface area contributed by atoms with E-state index in [0.717, 1.165) is 25.0 Å². The maximum Gasteiger partial charge on any atom is 0.0472 e. The lowest BCUT2D eigenvalue weighted by atomic mass is 9.79. The van der Waals surface area contributed by atoms with Gasteiger partial charge in [-0.2, -0.15) is 0 Å². The van der Waals surface area contributed by atoms with Gasteiger partial charge in [0.05, 0.1) is 0 Å². The first-order valence-corrected chi connectivity index (χ1v) is 9.19. The molecule has 1 saturated heterocycles. The first-order valence-electron chi connectivity index (χ1n) is 9.19. The highest BCUT2D eigenvalue weighted by molar-refractivity contribution is 4.91. The largest absolute Gasteiger partial charge is 0.381 e. The molecule has 3 heteroatoms. The minimum Gasteiger partial charge on any atom is -0.381 e. The molecule has 122 valence electrons. The van der Waals surface area contributed by atoms with Crippen LogP contribution in [0, 0.1) is 17.3 Å². The zero-order chi connectivity index (χ0) is 14.7. The van der Waals surface area contributed by atoms with E-state index in [1.165, 1.54) is 64.7 Å². The second-order valence-electron chi connectivity index (χ2n) is 8.23. The molecule has 3 aliphatic rings. The average molecular weight is 294 g/mol. The van der Waals surface area contributed by atoms with Crippen LogP contribution in [0.2, 0.25) is 0 Å². The number of nitrogens with one attached hydrogen (secondary N) is 1. The predicted molar refractivity (Wildman–Crippen MR) is 87.5 cm³/mol. The maximum absolute atomic E-state index is 5.65. The lowest BCUT2D eigenvalue weighted by Gasteiger charge is -2.42. The summed E-state index contributed by atoms with van der Waals surface area (Å²) in [7, 11) is 0. The molecule has 21 heavy (non-hydrogen) atoms. The van der Waals surface area contributed by atoms with Gasteiger partial charge in [-0.1, -0.05) is 13.8 Å². The Labute approximate surface area is 130 Å². The Hall–Kier alpha value is -0.120. The highest BCUT2D eigenvalue weighted by Crippen LogP contribution is 2.37. The highest BCUT2D eigenvalue weighted by atomic mass is 16.5. The third-order valence-electron chi connectivity index (χ3n) is 5.42. The minimum atomic E-state index is 0.451. The Balaban J connectivity index is 1.58. The van der Waals surface area contributed by atoms with Crippen LogP contribution in [0.15, 0.2) is 0 Å². The molecular weight excluding hydrogens is 260 g/mol. The molecule has 0 aromatic heterocycles. The molecule has 1 aliphatic heterocycles. The number of rotatable bonds is 9. The predicted octanol–water partition coefficient (Wildman–Crippen LogP) is 2.90. The molecule has 3 nitrogen and oxygen atoms in total. The van der Waals surface area contributed by atoms with E-state index in [4.69, 9.17) is 4.74 Å². The fraction of sp³-hybridized carbons (Fsp3) is 1.00. The van der Waals surface area contributed by atoms with E-state index in [1.807, 2.05) is 0 Å². The Morgan fingerprint density at radius 3 is 2.10 bits per heavy atom. The molecule has 2 saturated carbocycles. The summed E-state index contributed by atoms with van der Waals surface area (Å²) in [6.07, 6.45) is 8.36. The van der Waals surface area contributed by atoms with Crippen LogP contribution in [0.5, 0.6) is 0 Å². The third kappa shape index (κ3) is 5.22. The molecule has 0 spiro atoms. The summed E-state index contributed by atoms with van der Waals surface area (Å²) in [6.45, 7) is 11.6. The zero-order valence-electron chi connectivity index (χ0n) is 14.1. The monoisotopic (exact) mass is 294 g/mol. The summed E-state index contributed by atoms with van der Waals surface area (Å²) in [5.41, 5.74) is 0.451. The van der Waals surface area contributed by atoms with E-state index in [0.29, 0.717) is 11.5 Å². The van der Waals surface area contributed by atoms with Gasteiger partial charge in [0.2, 0.25) is 0 Å². The second-order valence-corrected chi connectivity index (χ2v) is 8.23. The lowest BCUT2D eigenvalue weighted by Crippen LogP contribution is -2.49. The van der Waals surface area contributed by atoms with Gasteiger partial charge in [0, 0.05) is 45.4 Å². The van der Waals surface area contributed by atoms with Gasteiger partial charge in [0.1, 0.15) is 0 Å². The Bertz CT molecular complexity index is 303. The molecule has 0 amide bonds. The smallest absolute Gasteiger partial charge is 0.0472 e. The molecule has 3 rings (SSSR count). The molecule has 0 radical (unpaired) electrons. The van der Waals surface area contributed by atoms with E-state index < -0.39 is 0 Å². The van der Waals surface area contributed by atoms with Gasteiger partial charge < -0.3 is 15.0 Å². The van der Waals surface area contributed by atoms with Crippen molar-refractivity contribution >= 4 is 0 Å². The van der Waals surface area contributed by atoms with E-state index in [1.54, 1.807) is 0 Å². The van der Waals surface area contributed by atoms with Crippen molar-refractivity contribution in [2.75, 3.05) is 39.4 Å². The van der Waals surface area contributed by atoms with Crippen LogP contribution in [0.25, 0.3) is 0 Å². The third-order valence-corrected chi connectivity index (χ3v) is 5.42. The van der Waals surface area contributed by atoms with Crippen molar-refractivity contribution in [2.45, 2.75) is 58.4 Å². The summed E-state index contributed by atoms with van der Waals surface area (Å²) < 4.78 is 5.65. The Morgan fingerprint density at radius 2 is 1.62 bits per heavy atom. The maximum atomic E-state index is 5.65. The topological polar surface area (TPSA) is 24.5 Å². The number of hydrogen-bond acceptors (Lipinski definition) is 3. The molecule has 3 fully saturated rings. The van der Waals surface area contributed by atoms with Crippen molar-refractivity contribution in [3.05, 3.63) is 0 Å². The van der Waals surface area contributed by atoms with Gasteiger partial charge in [-0.3, -0.25) is 0 Å². The molecule has 0 unspecified atom stereocenters. The van der Waals surface area contributed by atoms with Crippen LogP contribution < -0.4 is 5.32 Å². The van der Waals surface area contributed by atoms with Crippen molar-refractivity contribution in [1.82, 2.24) is 10.2 Å². The highest BCUT2D eigenvalue weighted by Gasteiger charge is 2.37. The number of ether oxygens (including phenoxy) is 1. The minimum absolute atomic E-state index is 0.451. The Kier molecular flexibility index (Phi) is 5.23. The fourth-order valence-electron chi connectivity index (χ4n) is 3.62. The number of nitrogens with zero attached hydrogens (tertiary/aromatic N) is 1. The molecule has 1 N–H and O–H groups in total. The van der Waals surface area contributed by atoms with Crippen LogP contribution in [-0.4, -0.2) is 50.3 Å². The molecule has 0 aromatic rings. The van der Waals surface area contributed by atoms with Crippen LogP contribution in [0.3, 0.4) is 0 Å². The van der Waals surface area contributed by atoms with Crippen molar-refractivity contribution < 1.29 is 4.74 Å². The van der Waals surface area contributed by atoms with Crippen molar-refractivity contribution in [3.63, 3.8) is 0 Å². The standard InChI is InChI=1S/C18H34N2O/c1-15(2)19-13-18(7-9-21-10-8-18)14-20(11-16-3-4-16)12-17-5-6-17/h15-17,19H,3-14H2,1-2H3. The normalized spacial score (nSPS) is 25.7. The zero-order valence-corrected chi connectivity index (χ0v) is 14.1. The summed E-state index contributed by atoms with van der Waals surface area (Å²) in [5, 5.41) is 3.72. The van der Waals surface area contributed by atoms with Gasteiger partial charge in [-0.05, 0) is 55.8 Å². The molecule has 1 heterocycles. The van der Waals surface area contributed by atoms with Gasteiger partial charge in [-0.25, -0.2) is 0 Å². The molecule has 0 atom stereocenters. The fourth-order valence-corrected chi connectivity index (χ4v) is 3.62. The van der Waals surface area contributed by atoms with Crippen LogP contribution in [0.1, 0.15) is 52.4 Å². The first kappa shape index (κ1) is 15.8. The van der Waals surface area contributed by atoms with Crippen molar-refractivity contribution in [2.24, 2.45) is 17.3 Å². The molecular formula is C18H34N2O. The molecule has 0 bridgehead atoms.